The smallest absolute Gasteiger partial charge is 0.223 e. The molecule has 0 aromatic heterocycles. The SMILES string of the molecule is Cc1ccccc1[C@H](NC(=O)C1CCN(S(=O)(=O)Cc2ccccc2Cl)CC1)c1ccccc1. The van der Waals surface area contributed by atoms with Gasteiger partial charge >= 0.3 is 0 Å². The molecule has 7 heteroatoms. The Labute approximate surface area is 206 Å². The molecule has 1 amide bonds. The Hall–Kier alpha value is -2.67. The fraction of sp³-hybridized carbons (Fsp3) is 0.296. The average Bonchev–Trinajstić information content (AvgIpc) is 2.85. The van der Waals surface area contributed by atoms with Crippen molar-refractivity contribution in [3.05, 3.63) is 106 Å². The van der Waals surface area contributed by atoms with E-state index < -0.39 is 10.0 Å². The summed E-state index contributed by atoms with van der Waals surface area (Å²) in [7, 11) is -3.51. The molecule has 3 aromatic carbocycles. The van der Waals surface area contributed by atoms with Gasteiger partial charge in [0.1, 0.15) is 0 Å². The van der Waals surface area contributed by atoms with Crippen molar-refractivity contribution in [2.75, 3.05) is 13.1 Å². The molecule has 1 aliphatic rings. The van der Waals surface area contributed by atoms with Crippen LogP contribution in [-0.2, 0) is 20.6 Å². The van der Waals surface area contributed by atoms with E-state index in [-0.39, 0.29) is 23.6 Å². The Balaban J connectivity index is 1.43. The standard InChI is InChI=1S/C27H29ClN2O3S/c1-20-9-5-7-13-24(20)26(21-10-3-2-4-11-21)29-27(31)22-15-17-30(18-16-22)34(32,33)19-23-12-6-8-14-25(23)28/h2-14,22,26H,15-19H2,1H3,(H,29,31)/t26-/m1/s1. The molecule has 0 spiro atoms. The molecule has 0 saturated carbocycles. The van der Waals surface area contributed by atoms with Crippen molar-refractivity contribution in [1.29, 1.82) is 0 Å². The summed E-state index contributed by atoms with van der Waals surface area (Å²) < 4.78 is 27.4. The summed E-state index contributed by atoms with van der Waals surface area (Å²) in [5.74, 6) is -0.408. The maximum Gasteiger partial charge on any atom is 0.223 e. The number of nitrogens with one attached hydrogen (secondary N) is 1. The number of sulfonamides is 1. The summed E-state index contributed by atoms with van der Waals surface area (Å²) in [5, 5.41) is 3.68. The summed E-state index contributed by atoms with van der Waals surface area (Å²) in [6.45, 7) is 2.69. The lowest BCUT2D eigenvalue weighted by molar-refractivity contribution is -0.126. The molecule has 1 N–H and O–H groups in total. The number of halogens is 1. The summed E-state index contributed by atoms with van der Waals surface area (Å²) in [6, 6.07) is 24.7. The first kappa shape index (κ1) is 24.5. The molecule has 3 aromatic rings. The average molecular weight is 497 g/mol. The number of hydrogen-bond donors (Lipinski definition) is 1. The quantitative estimate of drug-likeness (QED) is 0.495. The molecule has 0 unspecified atom stereocenters. The lowest BCUT2D eigenvalue weighted by atomic mass is 9.92. The first-order valence-electron chi connectivity index (χ1n) is 11.5. The van der Waals surface area contributed by atoms with Gasteiger partial charge in [0.05, 0.1) is 11.8 Å². The van der Waals surface area contributed by atoms with Crippen molar-refractivity contribution < 1.29 is 13.2 Å². The number of rotatable bonds is 7. The second kappa shape index (κ2) is 10.7. The molecular weight excluding hydrogens is 468 g/mol. The van der Waals surface area contributed by atoms with Crippen molar-refractivity contribution in [3.63, 3.8) is 0 Å². The molecule has 34 heavy (non-hydrogen) atoms. The van der Waals surface area contributed by atoms with E-state index >= 15 is 0 Å². The highest BCUT2D eigenvalue weighted by Gasteiger charge is 2.32. The minimum atomic E-state index is -3.51. The van der Waals surface area contributed by atoms with Crippen LogP contribution in [0.3, 0.4) is 0 Å². The Kier molecular flexibility index (Phi) is 7.71. The molecule has 1 heterocycles. The minimum absolute atomic E-state index is 0.0414. The Morgan fingerprint density at radius 3 is 2.26 bits per heavy atom. The third-order valence-electron chi connectivity index (χ3n) is 6.43. The lowest BCUT2D eigenvalue weighted by Gasteiger charge is -2.32. The van der Waals surface area contributed by atoms with Gasteiger partial charge < -0.3 is 5.32 Å². The van der Waals surface area contributed by atoms with E-state index in [2.05, 4.69) is 5.32 Å². The second-order valence-electron chi connectivity index (χ2n) is 8.73. The number of hydrogen-bond acceptors (Lipinski definition) is 3. The van der Waals surface area contributed by atoms with Crippen molar-refractivity contribution >= 4 is 27.5 Å². The monoisotopic (exact) mass is 496 g/mol. The predicted octanol–water partition coefficient (Wildman–Crippen LogP) is 5.10. The van der Waals surface area contributed by atoms with Gasteiger partial charge in [0, 0.05) is 24.0 Å². The highest BCUT2D eigenvalue weighted by Crippen LogP contribution is 2.28. The molecule has 1 fully saturated rings. The van der Waals surface area contributed by atoms with Crippen LogP contribution >= 0.6 is 11.6 Å². The van der Waals surface area contributed by atoms with Gasteiger partial charge in [0.15, 0.2) is 0 Å². The Morgan fingerprint density at radius 2 is 1.59 bits per heavy atom. The van der Waals surface area contributed by atoms with Crippen molar-refractivity contribution in [1.82, 2.24) is 9.62 Å². The predicted molar refractivity (Wildman–Crippen MR) is 136 cm³/mol. The molecule has 1 aliphatic heterocycles. The summed E-state index contributed by atoms with van der Waals surface area (Å²) in [5.41, 5.74) is 3.77. The molecule has 0 radical (unpaired) electrons. The van der Waals surface area contributed by atoms with Crippen molar-refractivity contribution in [2.45, 2.75) is 31.6 Å². The van der Waals surface area contributed by atoms with Crippen LogP contribution in [-0.4, -0.2) is 31.7 Å². The van der Waals surface area contributed by atoms with Gasteiger partial charge in [-0.15, -0.1) is 0 Å². The molecule has 1 atom stereocenters. The molecule has 1 saturated heterocycles. The van der Waals surface area contributed by atoms with Crippen LogP contribution in [0.5, 0.6) is 0 Å². The summed E-state index contributed by atoms with van der Waals surface area (Å²) in [6.07, 6.45) is 0.978. The van der Waals surface area contributed by atoms with E-state index in [9.17, 15) is 13.2 Å². The molecule has 0 aliphatic carbocycles. The molecular formula is C27H29ClN2O3S. The van der Waals surface area contributed by atoms with Crippen molar-refractivity contribution in [3.8, 4) is 0 Å². The number of benzene rings is 3. The number of nitrogens with zero attached hydrogens (tertiary/aromatic N) is 1. The van der Waals surface area contributed by atoms with Crippen LogP contribution in [0.25, 0.3) is 0 Å². The topological polar surface area (TPSA) is 66.5 Å². The van der Waals surface area contributed by atoms with Crippen LogP contribution in [0.4, 0.5) is 0 Å². The first-order valence-corrected chi connectivity index (χ1v) is 13.5. The molecule has 4 rings (SSSR count). The van der Waals surface area contributed by atoms with E-state index in [1.54, 1.807) is 24.3 Å². The van der Waals surface area contributed by atoms with Gasteiger partial charge in [0.2, 0.25) is 15.9 Å². The van der Waals surface area contributed by atoms with E-state index in [1.165, 1.54) is 4.31 Å². The van der Waals surface area contributed by atoms with Gasteiger partial charge in [-0.25, -0.2) is 12.7 Å². The van der Waals surface area contributed by atoms with Gasteiger partial charge in [-0.1, -0.05) is 84.4 Å². The zero-order chi connectivity index (χ0) is 24.1. The van der Waals surface area contributed by atoms with E-state index in [0.717, 1.165) is 16.7 Å². The van der Waals surface area contributed by atoms with Crippen LogP contribution in [0, 0.1) is 12.8 Å². The van der Waals surface area contributed by atoms with E-state index in [4.69, 9.17) is 11.6 Å². The second-order valence-corrected chi connectivity index (χ2v) is 11.1. The molecule has 178 valence electrons. The number of carbonyl (C=O) groups excluding carboxylic acids is 1. The van der Waals surface area contributed by atoms with Gasteiger partial charge in [0.25, 0.3) is 0 Å². The number of piperidine rings is 1. The van der Waals surface area contributed by atoms with Gasteiger partial charge in [-0.3, -0.25) is 4.79 Å². The maximum absolute atomic E-state index is 13.3. The first-order chi connectivity index (χ1) is 16.3. The largest absolute Gasteiger partial charge is 0.345 e. The third kappa shape index (κ3) is 5.69. The highest BCUT2D eigenvalue weighted by atomic mass is 35.5. The fourth-order valence-corrected chi connectivity index (χ4v) is 6.33. The van der Waals surface area contributed by atoms with Crippen LogP contribution in [0.1, 0.15) is 41.1 Å². The third-order valence-corrected chi connectivity index (χ3v) is 8.63. The molecule has 0 bridgehead atoms. The van der Waals surface area contributed by atoms with Crippen molar-refractivity contribution in [2.24, 2.45) is 5.92 Å². The summed E-state index contributed by atoms with van der Waals surface area (Å²) >= 11 is 6.16. The number of aryl methyl sites for hydroxylation is 1. The maximum atomic E-state index is 13.3. The lowest BCUT2D eigenvalue weighted by Crippen LogP contribution is -2.44. The van der Waals surface area contributed by atoms with Gasteiger partial charge in [-0.2, -0.15) is 0 Å². The van der Waals surface area contributed by atoms with Crippen LogP contribution in [0.2, 0.25) is 5.02 Å². The fourth-order valence-electron chi connectivity index (χ4n) is 4.46. The number of amides is 1. The number of carbonyl (C=O) groups is 1. The highest BCUT2D eigenvalue weighted by molar-refractivity contribution is 7.88. The Morgan fingerprint density at radius 1 is 0.971 bits per heavy atom. The Bertz CT molecular complexity index is 1240. The molecule has 5 nitrogen and oxygen atoms in total. The van der Waals surface area contributed by atoms with Crippen LogP contribution in [0.15, 0.2) is 78.9 Å². The van der Waals surface area contributed by atoms with Gasteiger partial charge in [-0.05, 0) is 48.1 Å². The van der Waals surface area contributed by atoms with E-state index in [1.807, 2.05) is 61.5 Å². The zero-order valence-electron chi connectivity index (χ0n) is 19.2. The van der Waals surface area contributed by atoms with Crippen LogP contribution < -0.4 is 5.32 Å². The minimum Gasteiger partial charge on any atom is -0.345 e. The van der Waals surface area contributed by atoms with E-state index in [0.29, 0.717) is 36.5 Å². The summed E-state index contributed by atoms with van der Waals surface area (Å²) in [4.78, 5) is 13.3. The normalized spacial score (nSPS) is 16.2. The zero-order valence-corrected chi connectivity index (χ0v) is 20.7.